The molecule has 0 radical (unpaired) electrons. The number of hydrogen-bond acceptors (Lipinski definition) is 0. The van der Waals surface area contributed by atoms with Crippen molar-refractivity contribution in [2.75, 3.05) is 6.16 Å². The zero-order valence-electron chi connectivity index (χ0n) is 8.23. The summed E-state index contributed by atoms with van der Waals surface area (Å²) in [5.74, 6) is 0. The van der Waals surface area contributed by atoms with Gasteiger partial charge in [-0.15, -0.1) is 26.2 Å². The van der Waals surface area contributed by atoms with Crippen LogP contribution in [0.5, 0.6) is 0 Å². The van der Waals surface area contributed by atoms with Crippen molar-refractivity contribution >= 4 is 26.2 Å². The Kier molecular flexibility index (Phi) is 36.4. The van der Waals surface area contributed by atoms with E-state index in [1.54, 1.807) is 0 Å². The molecule has 0 aliphatic heterocycles. The molecule has 0 rings (SSSR count). The van der Waals surface area contributed by atoms with Crippen LogP contribution in [-0.2, 0) is 0 Å². The molecule has 0 fully saturated rings. The second-order valence-corrected chi connectivity index (χ2v) is 3.07. The van der Waals surface area contributed by atoms with E-state index in [0.717, 1.165) is 0 Å². The highest BCUT2D eigenvalue weighted by Gasteiger charge is 1.68. The van der Waals surface area contributed by atoms with Gasteiger partial charge >= 0.3 is 0 Å². The Morgan fingerprint density at radius 1 is 0.818 bits per heavy atom. The van der Waals surface area contributed by atoms with Gasteiger partial charge in [-0.25, -0.2) is 0 Å². The Hall–Kier alpha value is 0.910. The van der Waals surface area contributed by atoms with Gasteiger partial charge in [0.1, 0.15) is 0 Å². The van der Waals surface area contributed by atoms with Gasteiger partial charge in [0.05, 0.1) is 0 Å². The van der Waals surface area contributed by atoms with E-state index < -0.39 is 0 Å². The van der Waals surface area contributed by atoms with E-state index in [0.29, 0.717) is 0 Å². The predicted octanol–water partition coefficient (Wildman–Crippen LogP) is 4.44. The molecule has 0 aliphatic rings. The van der Waals surface area contributed by atoms with Crippen LogP contribution in [0.25, 0.3) is 0 Å². The quantitative estimate of drug-likeness (QED) is 0.640. The highest BCUT2D eigenvalue weighted by molar-refractivity contribution is 8.93. The molecule has 0 aliphatic carbocycles. The Labute approximate surface area is 85.5 Å². The minimum Gasteiger partial charge on any atom is -0.138 e. The molecule has 0 heterocycles. The first-order valence-corrected chi connectivity index (χ1v) is 5.35. The third kappa shape index (κ3) is 35.9. The van der Waals surface area contributed by atoms with E-state index in [-0.39, 0.29) is 17.0 Å². The Bertz CT molecular complexity index is 30.5. The lowest BCUT2D eigenvalue weighted by Crippen LogP contribution is -1.64. The highest BCUT2D eigenvalue weighted by atomic mass is 79.9. The van der Waals surface area contributed by atoms with Crippen molar-refractivity contribution in [1.82, 2.24) is 0 Å². The summed E-state index contributed by atoms with van der Waals surface area (Å²) in [7, 11) is 2.70. The van der Waals surface area contributed by atoms with Crippen LogP contribution in [0, 0.1) is 0 Å². The molecule has 72 valence electrons. The molecule has 0 N–H and O–H groups in total. The summed E-state index contributed by atoms with van der Waals surface area (Å²) in [4.78, 5) is 0. The monoisotopic (exact) mass is 242 g/mol. The second-order valence-electron chi connectivity index (χ2n) is 2.50. The molecule has 0 aromatic heterocycles. The Balaban J connectivity index is -0.000000107. The van der Waals surface area contributed by atoms with Gasteiger partial charge in [-0.3, -0.25) is 0 Å². The molecule has 0 spiro atoms. The summed E-state index contributed by atoms with van der Waals surface area (Å²) in [5.41, 5.74) is 0. The van der Waals surface area contributed by atoms with Crippen LogP contribution in [0.1, 0.15) is 52.9 Å². The van der Waals surface area contributed by atoms with Crippen molar-refractivity contribution in [2.24, 2.45) is 0 Å². The van der Waals surface area contributed by atoms with Crippen molar-refractivity contribution in [1.29, 1.82) is 0 Å². The molecule has 2 heteroatoms. The van der Waals surface area contributed by atoms with E-state index in [4.69, 9.17) is 0 Å². The second kappa shape index (κ2) is 22.4. The smallest absolute Gasteiger partial charge is 0.0381 e. The van der Waals surface area contributed by atoms with E-state index in [1.165, 1.54) is 38.3 Å². The molecule has 0 saturated heterocycles. The Morgan fingerprint density at radius 3 is 1.18 bits per heavy atom. The molecular weight excluding hydrogens is 219 g/mol. The number of hydrogen-bond donors (Lipinski definition) is 0. The standard InChI is InChI=1S/C5H12.C4H11P.BrH/c1-3-5-4-2;1-2-3-4-5;/h3-5H2,1-2H3;2-5H2,1H3;1H. The molecule has 0 aromatic carbocycles. The van der Waals surface area contributed by atoms with Gasteiger partial charge in [-0.2, -0.15) is 0 Å². The van der Waals surface area contributed by atoms with Gasteiger partial charge < -0.3 is 0 Å². The fraction of sp³-hybridized carbons (Fsp3) is 1.00. The van der Waals surface area contributed by atoms with Crippen LogP contribution in [0.3, 0.4) is 0 Å². The zero-order valence-corrected chi connectivity index (χ0v) is 11.1. The SMILES string of the molecule is Br.CCCCC.CCCCP. The van der Waals surface area contributed by atoms with Crippen molar-refractivity contribution in [2.45, 2.75) is 52.9 Å². The van der Waals surface area contributed by atoms with Gasteiger partial charge in [-0.1, -0.05) is 52.9 Å². The van der Waals surface area contributed by atoms with Crippen LogP contribution in [-0.4, -0.2) is 6.16 Å². The molecule has 0 saturated carbocycles. The molecule has 0 nitrogen and oxygen atoms in total. The summed E-state index contributed by atoms with van der Waals surface area (Å²) in [6, 6.07) is 0. The lowest BCUT2D eigenvalue weighted by atomic mass is 10.3. The first kappa shape index (κ1) is 17.9. The third-order valence-electron chi connectivity index (χ3n) is 1.26. The van der Waals surface area contributed by atoms with E-state index in [2.05, 4.69) is 30.0 Å². The molecule has 0 amide bonds. The van der Waals surface area contributed by atoms with Crippen molar-refractivity contribution < 1.29 is 0 Å². The van der Waals surface area contributed by atoms with Crippen LogP contribution < -0.4 is 0 Å². The summed E-state index contributed by atoms with van der Waals surface area (Å²) in [6.07, 6.45) is 8.01. The number of unbranched alkanes of at least 4 members (excludes halogenated alkanes) is 3. The lowest BCUT2D eigenvalue weighted by Gasteiger charge is -1.79. The summed E-state index contributed by atoms with van der Waals surface area (Å²) in [6.45, 7) is 6.62. The largest absolute Gasteiger partial charge is 0.138 e. The maximum Gasteiger partial charge on any atom is -0.0381 e. The van der Waals surface area contributed by atoms with Crippen molar-refractivity contribution in [3.8, 4) is 0 Å². The van der Waals surface area contributed by atoms with Gasteiger partial charge in [0, 0.05) is 0 Å². The first-order valence-electron chi connectivity index (χ1n) is 4.53. The molecule has 1 unspecified atom stereocenters. The maximum atomic E-state index is 2.70. The summed E-state index contributed by atoms with van der Waals surface area (Å²) < 4.78 is 0. The molecule has 0 aromatic rings. The summed E-state index contributed by atoms with van der Waals surface area (Å²) in [5, 5.41) is 0. The number of halogens is 1. The van der Waals surface area contributed by atoms with Gasteiger partial charge in [0.2, 0.25) is 0 Å². The fourth-order valence-electron chi connectivity index (χ4n) is 0.558. The van der Waals surface area contributed by atoms with E-state index in [9.17, 15) is 0 Å². The minimum absolute atomic E-state index is 0. The maximum absolute atomic E-state index is 2.70. The lowest BCUT2D eigenvalue weighted by molar-refractivity contribution is 0.772. The van der Waals surface area contributed by atoms with Gasteiger partial charge in [-0.05, 0) is 6.16 Å². The topological polar surface area (TPSA) is 0 Å². The third-order valence-corrected chi connectivity index (χ3v) is 1.67. The van der Waals surface area contributed by atoms with Gasteiger partial charge in [0.25, 0.3) is 0 Å². The van der Waals surface area contributed by atoms with E-state index >= 15 is 0 Å². The van der Waals surface area contributed by atoms with Gasteiger partial charge in [0.15, 0.2) is 0 Å². The fourth-order valence-corrected chi connectivity index (χ4v) is 0.966. The normalized spacial score (nSPS) is 7.64. The van der Waals surface area contributed by atoms with E-state index in [1.807, 2.05) is 0 Å². The molecule has 0 bridgehead atoms. The van der Waals surface area contributed by atoms with Crippen LogP contribution in [0.15, 0.2) is 0 Å². The molecule has 1 atom stereocenters. The average Bonchev–Trinajstić information content (AvgIpc) is 1.93. The first-order chi connectivity index (χ1) is 4.83. The molecule has 11 heavy (non-hydrogen) atoms. The number of rotatable bonds is 4. The highest BCUT2D eigenvalue weighted by Crippen LogP contribution is 1.89. The van der Waals surface area contributed by atoms with Crippen molar-refractivity contribution in [3.05, 3.63) is 0 Å². The summed E-state index contributed by atoms with van der Waals surface area (Å²) >= 11 is 0. The van der Waals surface area contributed by atoms with Crippen molar-refractivity contribution in [3.63, 3.8) is 0 Å². The average molecular weight is 243 g/mol. The zero-order chi connectivity index (χ0) is 8.24. The van der Waals surface area contributed by atoms with Crippen LogP contribution in [0.4, 0.5) is 0 Å². The Morgan fingerprint density at radius 2 is 1.18 bits per heavy atom. The predicted molar refractivity (Wildman–Crippen MR) is 65.0 cm³/mol. The van der Waals surface area contributed by atoms with Crippen LogP contribution in [0.2, 0.25) is 0 Å². The molecular formula is C9H24BrP. The minimum atomic E-state index is 0. The van der Waals surface area contributed by atoms with Crippen LogP contribution >= 0.6 is 26.2 Å².